The number of nitrogens with zero attached hydrogens (tertiary/aromatic N) is 4. The van der Waals surface area contributed by atoms with Crippen LogP contribution in [0.15, 0.2) is 29.2 Å². The lowest BCUT2D eigenvalue weighted by molar-refractivity contribution is -0.140. The lowest BCUT2D eigenvalue weighted by Gasteiger charge is -2.38. The fourth-order valence-corrected chi connectivity index (χ4v) is 5.17. The largest absolute Gasteiger partial charge is 0.330 e. The van der Waals surface area contributed by atoms with Crippen molar-refractivity contribution in [3.8, 4) is 6.07 Å². The standard InChI is InChI=1S/C21H27N5O2S/c1-13(14-4-6-17(29)7-5-14)26-16-9-19(21(26)28)24(11-16)12-18(23)20(27)25-8-2-3-15(25)10-22/h4-7,13,15-16,18-19,29H,2-3,8-9,11-12,23H2,1H3/t13?,15?,16?,18?,19-/m0/s1. The molecule has 3 aliphatic heterocycles. The summed E-state index contributed by atoms with van der Waals surface area (Å²) in [5.41, 5.74) is 7.29. The second-order valence-corrected chi connectivity index (χ2v) is 8.81. The maximum absolute atomic E-state index is 13.1. The summed E-state index contributed by atoms with van der Waals surface area (Å²) in [6.07, 6.45) is 2.33. The Labute approximate surface area is 176 Å². The van der Waals surface area contributed by atoms with Crippen LogP contribution in [0.5, 0.6) is 0 Å². The predicted molar refractivity (Wildman–Crippen MR) is 111 cm³/mol. The predicted octanol–water partition coefficient (Wildman–Crippen LogP) is 1.16. The van der Waals surface area contributed by atoms with Gasteiger partial charge in [0, 0.05) is 30.6 Å². The van der Waals surface area contributed by atoms with Gasteiger partial charge in [0.2, 0.25) is 11.8 Å². The Bertz CT molecular complexity index is 838. The van der Waals surface area contributed by atoms with Crippen molar-refractivity contribution < 1.29 is 9.59 Å². The van der Waals surface area contributed by atoms with Crippen LogP contribution >= 0.6 is 12.6 Å². The zero-order valence-corrected chi connectivity index (χ0v) is 17.5. The van der Waals surface area contributed by atoms with E-state index in [0.29, 0.717) is 19.5 Å². The highest BCUT2D eigenvalue weighted by Crippen LogP contribution is 2.38. The third kappa shape index (κ3) is 3.63. The average molecular weight is 414 g/mol. The second-order valence-electron chi connectivity index (χ2n) is 8.30. The van der Waals surface area contributed by atoms with Crippen molar-refractivity contribution in [1.82, 2.24) is 14.7 Å². The summed E-state index contributed by atoms with van der Waals surface area (Å²) in [5.74, 6) is -0.0687. The lowest BCUT2D eigenvalue weighted by Crippen LogP contribution is -2.56. The topological polar surface area (TPSA) is 93.7 Å². The molecule has 1 aromatic rings. The van der Waals surface area contributed by atoms with Crippen molar-refractivity contribution in [2.45, 2.75) is 61.3 Å². The SMILES string of the molecule is CC(c1ccc(S)cc1)N1C(=O)[C@@H]2CC1CN2CC(N)C(=O)N1CCCC1C#N. The van der Waals surface area contributed by atoms with Gasteiger partial charge in [-0.25, -0.2) is 0 Å². The molecule has 3 aliphatic rings. The van der Waals surface area contributed by atoms with Crippen molar-refractivity contribution in [3.05, 3.63) is 29.8 Å². The van der Waals surface area contributed by atoms with Gasteiger partial charge < -0.3 is 15.5 Å². The van der Waals surface area contributed by atoms with E-state index >= 15 is 0 Å². The number of nitrogens with two attached hydrogens (primary N) is 1. The van der Waals surface area contributed by atoms with E-state index in [4.69, 9.17) is 5.73 Å². The van der Waals surface area contributed by atoms with E-state index < -0.39 is 6.04 Å². The Morgan fingerprint density at radius 3 is 2.76 bits per heavy atom. The molecule has 0 saturated carbocycles. The summed E-state index contributed by atoms with van der Waals surface area (Å²) in [6.45, 7) is 3.73. The average Bonchev–Trinajstić information content (AvgIpc) is 3.41. The number of rotatable bonds is 5. The van der Waals surface area contributed by atoms with E-state index in [2.05, 4.69) is 25.6 Å². The van der Waals surface area contributed by atoms with Crippen LogP contribution in [0.4, 0.5) is 0 Å². The third-order valence-electron chi connectivity index (χ3n) is 6.54. The minimum atomic E-state index is -0.704. The quantitative estimate of drug-likeness (QED) is 0.707. The van der Waals surface area contributed by atoms with Crippen LogP contribution in [0, 0.1) is 11.3 Å². The Kier molecular flexibility index (Phi) is 5.56. The van der Waals surface area contributed by atoms with Gasteiger partial charge in [-0.1, -0.05) is 12.1 Å². The van der Waals surface area contributed by atoms with Crippen molar-refractivity contribution in [3.63, 3.8) is 0 Å². The van der Waals surface area contributed by atoms with Gasteiger partial charge in [0.15, 0.2) is 0 Å². The van der Waals surface area contributed by atoms with E-state index in [-0.39, 0.29) is 36.0 Å². The van der Waals surface area contributed by atoms with Crippen LogP contribution in [0.1, 0.15) is 37.8 Å². The Balaban J connectivity index is 1.39. The van der Waals surface area contributed by atoms with Gasteiger partial charge in [0.1, 0.15) is 6.04 Å². The molecule has 8 heteroatoms. The number of piperazine rings is 1. The molecule has 0 aliphatic carbocycles. The van der Waals surface area contributed by atoms with Gasteiger partial charge in [0.05, 0.1) is 24.2 Å². The fourth-order valence-electron chi connectivity index (χ4n) is 5.02. The summed E-state index contributed by atoms with van der Waals surface area (Å²) in [4.78, 5) is 32.3. The van der Waals surface area contributed by atoms with Gasteiger partial charge in [0.25, 0.3) is 0 Å². The number of thiol groups is 1. The molecule has 2 bridgehead atoms. The van der Waals surface area contributed by atoms with Gasteiger partial charge in [-0.3, -0.25) is 14.5 Å². The highest BCUT2D eigenvalue weighted by molar-refractivity contribution is 7.80. The van der Waals surface area contributed by atoms with Crippen molar-refractivity contribution in [2.24, 2.45) is 5.73 Å². The van der Waals surface area contributed by atoms with Crippen LogP contribution in [0.2, 0.25) is 0 Å². The van der Waals surface area contributed by atoms with Crippen LogP contribution in [0.3, 0.4) is 0 Å². The molecule has 29 heavy (non-hydrogen) atoms. The van der Waals surface area contributed by atoms with Crippen molar-refractivity contribution in [1.29, 1.82) is 5.26 Å². The maximum atomic E-state index is 13.1. The minimum absolute atomic E-state index is 0.00451. The molecule has 5 atom stereocenters. The summed E-state index contributed by atoms with van der Waals surface area (Å²) in [6, 6.07) is 8.95. The first-order valence-electron chi connectivity index (χ1n) is 10.2. The Hall–Kier alpha value is -2.08. The zero-order valence-electron chi connectivity index (χ0n) is 16.6. The highest BCUT2D eigenvalue weighted by Gasteiger charge is 2.51. The molecule has 3 saturated heterocycles. The molecule has 1 aromatic carbocycles. The summed E-state index contributed by atoms with van der Waals surface area (Å²) in [7, 11) is 0. The third-order valence-corrected chi connectivity index (χ3v) is 6.84. The van der Waals surface area contributed by atoms with E-state index in [1.54, 1.807) is 4.90 Å². The molecule has 3 fully saturated rings. The van der Waals surface area contributed by atoms with Crippen LogP contribution in [-0.4, -0.2) is 70.3 Å². The smallest absolute Gasteiger partial charge is 0.241 e. The summed E-state index contributed by atoms with van der Waals surface area (Å²) in [5, 5.41) is 9.21. The van der Waals surface area contributed by atoms with Crippen LogP contribution < -0.4 is 5.73 Å². The first kappa shape index (κ1) is 20.2. The molecule has 2 amide bonds. The second kappa shape index (κ2) is 7.98. The molecule has 3 heterocycles. The molecule has 4 unspecified atom stereocenters. The number of hydrogen-bond donors (Lipinski definition) is 2. The molecule has 2 N–H and O–H groups in total. The molecular weight excluding hydrogens is 386 g/mol. The summed E-state index contributed by atoms with van der Waals surface area (Å²) >= 11 is 4.33. The van der Waals surface area contributed by atoms with E-state index in [1.165, 1.54) is 0 Å². The van der Waals surface area contributed by atoms with E-state index in [1.807, 2.05) is 34.1 Å². The molecule has 4 rings (SSSR count). The number of amides is 2. The normalized spacial score (nSPS) is 28.6. The van der Waals surface area contributed by atoms with Crippen LogP contribution in [0.25, 0.3) is 0 Å². The molecule has 154 valence electrons. The Morgan fingerprint density at radius 1 is 1.38 bits per heavy atom. The van der Waals surface area contributed by atoms with Crippen LogP contribution in [-0.2, 0) is 9.59 Å². The number of carbonyl (C=O) groups is 2. The highest BCUT2D eigenvalue weighted by atomic mass is 32.1. The minimum Gasteiger partial charge on any atom is -0.330 e. The summed E-state index contributed by atoms with van der Waals surface area (Å²) < 4.78 is 0. The monoisotopic (exact) mass is 413 g/mol. The number of nitriles is 1. The van der Waals surface area contributed by atoms with E-state index in [0.717, 1.165) is 29.8 Å². The lowest BCUT2D eigenvalue weighted by atomic mass is 10.1. The van der Waals surface area contributed by atoms with Crippen molar-refractivity contribution in [2.75, 3.05) is 19.6 Å². The number of hydrogen-bond acceptors (Lipinski definition) is 6. The van der Waals surface area contributed by atoms with Gasteiger partial charge in [-0.15, -0.1) is 12.6 Å². The van der Waals surface area contributed by atoms with E-state index in [9.17, 15) is 14.9 Å². The molecule has 0 spiro atoms. The first-order chi connectivity index (χ1) is 13.9. The van der Waals surface area contributed by atoms with Gasteiger partial charge in [-0.05, 0) is 43.9 Å². The molecular formula is C21H27N5O2S. The molecule has 7 nitrogen and oxygen atoms in total. The number of benzene rings is 1. The van der Waals surface area contributed by atoms with Gasteiger partial charge in [-0.2, -0.15) is 5.26 Å². The Morgan fingerprint density at radius 2 is 2.10 bits per heavy atom. The maximum Gasteiger partial charge on any atom is 0.241 e. The number of likely N-dealkylation sites (tertiary alicyclic amines) is 3. The first-order valence-corrected chi connectivity index (χ1v) is 10.7. The molecule has 0 aromatic heterocycles. The van der Waals surface area contributed by atoms with Gasteiger partial charge >= 0.3 is 0 Å². The number of carbonyl (C=O) groups excluding carboxylic acids is 2. The number of fused-ring (bicyclic) bond motifs is 2. The van der Waals surface area contributed by atoms with Crippen molar-refractivity contribution >= 4 is 24.4 Å². The molecule has 0 radical (unpaired) electrons. The zero-order chi connectivity index (χ0) is 20.7. The fraction of sp³-hybridized carbons (Fsp3) is 0.571.